The van der Waals surface area contributed by atoms with E-state index in [1.165, 1.54) is 14.0 Å². The van der Waals surface area contributed by atoms with Gasteiger partial charge in [0.15, 0.2) is 11.5 Å². The van der Waals surface area contributed by atoms with Gasteiger partial charge in [0.25, 0.3) is 0 Å². The monoisotopic (exact) mass is 359 g/mol. The first-order valence-corrected chi connectivity index (χ1v) is 8.52. The Bertz CT molecular complexity index is 1180. The second kappa shape index (κ2) is 6.64. The molecular formula is C21H17N3O3. The van der Waals surface area contributed by atoms with Crippen LogP contribution in [-0.2, 0) is 11.3 Å². The quantitative estimate of drug-likeness (QED) is 0.411. The zero-order chi connectivity index (χ0) is 19.0. The fourth-order valence-corrected chi connectivity index (χ4v) is 3.40. The van der Waals surface area contributed by atoms with Crippen LogP contribution in [0.3, 0.4) is 0 Å². The number of Topliss-reactive ketones (excluding diaryl/α,β-unsaturated/α-hetero) is 1. The number of para-hydroxylation sites is 1. The number of ketones is 1. The molecule has 0 unspecified atom stereocenters. The molecule has 0 spiro atoms. The zero-order valence-corrected chi connectivity index (χ0v) is 15.0. The highest BCUT2D eigenvalue weighted by molar-refractivity contribution is 6.20. The SMILES string of the molecule is COC(=O)c1nnc(C(C)=O)c2c3ccccc3n(Cc3ccccc3)c12. The Morgan fingerprint density at radius 1 is 0.963 bits per heavy atom. The van der Waals surface area contributed by atoms with Crippen molar-refractivity contribution < 1.29 is 14.3 Å². The second-order valence-electron chi connectivity index (χ2n) is 6.26. The Morgan fingerprint density at radius 2 is 1.63 bits per heavy atom. The third-order valence-electron chi connectivity index (χ3n) is 4.58. The van der Waals surface area contributed by atoms with Crippen LogP contribution in [0.5, 0.6) is 0 Å². The third-order valence-corrected chi connectivity index (χ3v) is 4.58. The number of carbonyl (C=O) groups is 2. The summed E-state index contributed by atoms with van der Waals surface area (Å²) in [7, 11) is 1.30. The molecule has 0 aliphatic heterocycles. The van der Waals surface area contributed by atoms with Gasteiger partial charge in [-0.1, -0.05) is 48.5 Å². The maximum Gasteiger partial charge on any atom is 0.360 e. The molecule has 0 aliphatic carbocycles. The van der Waals surface area contributed by atoms with Gasteiger partial charge in [-0.15, -0.1) is 10.2 Å². The molecule has 0 saturated carbocycles. The summed E-state index contributed by atoms with van der Waals surface area (Å²) in [5, 5.41) is 9.55. The van der Waals surface area contributed by atoms with Gasteiger partial charge in [0.1, 0.15) is 5.69 Å². The summed E-state index contributed by atoms with van der Waals surface area (Å²) in [5.74, 6) is -0.786. The Morgan fingerprint density at radius 3 is 2.33 bits per heavy atom. The van der Waals surface area contributed by atoms with Crippen LogP contribution in [0.4, 0.5) is 0 Å². The van der Waals surface area contributed by atoms with Crippen LogP contribution in [0.25, 0.3) is 21.8 Å². The van der Waals surface area contributed by atoms with Gasteiger partial charge in [-0.2, -0.15) is 0 Å². The molecule has 0 fully saturated rings. The number of hydrogen-bond acceptors (Lipinski definition) is 5. The van der Waals surface area contributed by atoms with Gasteiger partial charge in [-0.25, -0.2) is 4.79 Å². The van der Waals surface area contributed by atoms with E-state index in [0.29, 0.717) is 17.4 Å². The molecule has 2 aromatic heterocycles. The number of esters is 1. The molecule has 0 amide bonds. The number of fused-ring (bicyclic) bond motifs is 3. The number of ether oxygens (including phenoxy) is 1. The minimum absolute atomic E-state index is 0.102. The first kappa shape index (κ1) is 16.9. The highest BCUT2D eigenvalue weighted by atomic mass is 16.5. The van der Waals surface area contributed by atoms with E-state index in [2.05, 4.69) is 10.2 Å². The van der Waals surface area contributed by atoms with Crippen molar-refractivity contribution in [1.29, 1.82) is 0 Å². The maximum atomic E-state index is 12.4. The highest BCUT2D eigenvalue weighted by Crippen LogP contribution is 2.33. The predicted octanol–water partition coefficient (Wildman–Crippen LogP) is 3.62. The van der Waals surface area contributed by atoms with Gasteiger partial charge in [0, 0.05) is 29.8 Å². The summed E-state index contributed by atoms with van der Waals surface area (Å²) in [6, 6.07) is 17.6. The molecular weight excluding hydrogens is 342 g/mol. The molecule has 0 N–H and O–H groups in total. The lowest BCUT2D eigenvalue weighted by atomic mass is 10.1. The fourth-order valence-electron chi connectivity index (χ4n) is 3.40. The molecule has 4 aromatic rings. The van der Waals surface area contributed by atoms with Gasteiger partial charge in [-0.05, 0) is 11.6 Å². The number of nitrogens with zero attached hydrogens (tertiary/aromatic N) is 3. The maximum absolute atomic E-state index is 12.4. The van der Waals surface area contributed by atoms with E-state index in [4.69, 9.17) is 4.74 Å². The van der Waals surface area contributed by atoms with Crippen molar-refractivity contribution in [1.82, 2.24) is 14.8 Å². The average Bonchev–Trinajstić information content (AvgIpc) is 3.02. The molecule has 0 radical (unpaired) electrons. The topological polar surface area (TPSA) is 74.1 Å². The van der Waals surface area contributed by atoms with Gasteiger partial charge in [-0.3, -0.25) is 4.79 Å². The number of carbonyl (C=O) groups excluding carboxylic acids is 2. The van der Waals surface area contributed by atoms with E-state index < -0.39 is 5.97 Å². The lowest BCUT2D eigenvalue weighted by Crippen LogP contribution is -2.12. The standard InChI is InChI=1S/C21H17N3O3/c1-13(25)18-17-15-10-6-7-11-16(15)24(12-14-8-4-3-5-9-14)20(17)19(23-22-18)21(26)27-2/h3-11H,12H2,1-2H3. The summed E-state index contributed by atoms with van der Waals surface area (Å²) in [4.78, 5) is 24.6. The molecule has 0 saturated heterocycles. The average molecular weight is 359 g/mol. The van der Waals surface area contributed by atoms with Crippen LogP contribution in [0, 0.1) is 0 Å². The molecule has 27 heavy (non-hydrogen) atoms. The van der Waals surface area contributed by atoms with Crippen LogP contribution in [-0.4, -0.2) is 33.6 Å². The molecule has 134 valence electrons. The van der Waals surface area contributed by atoms with E-state index in [1.807, 2.05) is 59.2 Å². The predicted molar refractivity (Wildman–Crippen MR) is 102 cm³/mol. The van der Waals surface area contributed by atoms with E-state index >= 15 is 0 Å². The highest BCUT2D eigenvalue weighted by Gasteiger charge is 2.25. The first-order chi connectivity index (χ1) is 13.1. The van der Waals surface area contributed by atoms with Crippen molar-refractivity contribution in [2.75, 3.05) is 7.11 Å². The molecule has 2 aromatic carbocycles. The van der Waals surface area contributed by atoms with Crippen molar-refractivity contribution >= 4 is 33.6 Å². The third kappa shape index (κ3) is 2.75. The molecule has 6 nitrogen and oxygen atoms in total. The van der Waals surface area contributed by atoms with E-state index in [0.717, 1.165) is 16.5 Å². The van der Waals surface area contributed by atoms with Gasteiger partial charge < -0.3 is 9.30 Å². The molecule has 0 bridgehead atoms. The summed E-state index contributed by atoms with van der Waals surface area (Å²) in [5.41, 5.74) is 2.88. The Kier molecular flexibility index (Phi) is 4.16. The van der Waals surface area contributed by atoms with Crippen molar-refractivity contribution in [3.63, 3.8) is 0 Å². The lowest BCUT2D eigenvalue weighted by Gasteiger charge is -2.10. The van der Waals surface area contributed by atoms with Gasteiger partial charge in [0.2, 0.25) is 0 Å². The minimum Gasteiger partial charge on any atom is -0.464 e. The summed E-state index contributed by atoms with van der Waals surface area (Å²) in [6.07, 6.45) is 0. The Balaban J connectivity index is 2.14. The summed E-state index contributed by atoms with van der Waals surface area (Å²) >= 11 is 0. The lowest BCUT2D eigenvalue weighted by molar-refractivity contribution is 0.0594. The molecule has 4 rings (SSSR count). The summed E-state index contributed by atoms with van der Waals surface area (Å²) in [6.45, 7) is 1.97. The van der Waals surface area contributed by atoms with Crippen LogP contribution < -0.4 is 0 Å². The summed E-state index contributed by atoms with van der Waals surface area (Å²) < 4.78 is 6.90. The van der Waals surface area contributed by atoms with E-state index in [9.17, 15) is 9.59 Å². The minimum atomic E-state index is -0.584. The number of methoxy groups -OCH3 is 1. The van der Waals surface area contributed by atoms with E-state index in [1.54, 1.807) is 0 Å². The van der Waals surface area contributed by atoms with E-state index in [-0.39, 0.29) is 17.2 Å². The van der Waals surface area contributed by atoms with Crippen molar-refractivity contribution in [2.45, 2.75) is 13.5 Å². The van der Waals surface area contributed by atoms with Crippen LogP contribution in [0.1, 0.15) is 33.5 Å². The number of hydrogen-bond donors (Lipinski definition) is 0. The van der Waals surface area contributed by atoms with Crippen molar-refractivity contribution in [2.24, 2.45) is 0 Å². The normalized spacial score (nSPS) is 11.0. The molecule has 6 heteroatoms. The van der Waals surface area contributed by atoms with Crippen molar-refractivity contribution in [3.8, 4) is 0 Å². The zero-order valence-electron chi connectivity index (χ0n) is 15.0. The van der Waals surface area contributed by atoms with Crippen LogP contribution in [0.15, 0.2) is 54.6 Å². The van der Waals surface area contributed by atoms with Gasteiger partial charge >= 0.3 is 5.97 Å². The van der Waals surface area contributed by atoms with Gasteiger partial charge in [0.05, 0.1) is 12.6 Å². The number of rotatable bonds is 4. The molecule has 0 atom stereocenters. The Hall–Kier alpha value is -3.54. The Labute approximate surface area is 155 Å². The van der Waals surface area contributed by atoms with Crippen molar-refractivity contribution in [3.05, 3.63) is 71.5 Å². The van der Waals surface area contributed by atoms with Crippen LogP contribution >= 0.6 is 0 Å². The smallest absolute Gasteiger partial charge is 0.360 e. The second-order valence-corrected chi connectivity index (χ2v) is 6.26. The number of benzene rings is 2. The first-order valence-electron chi connectivity index (χ1n) is 8.52. The molecule has 2 heterocycles. The number of aromatic nitrogens is 3. The van der Waals surface area contributed by atoms with Crippen LogP contribution in [0.2, 0.25) is 0 Å². The largest absolute Gasteiger partial charge is 0.464 e. The molecule has 0 aliphatic rings. The fraction of sp³-hybridized carbons (Fsp3) is 0.143.